The number of ether oxygens (including phenoxy) is 1. The van der Waals surface area contributed by atoms with Crippen molar-refractivity contribution in [1.82, 2.24) is 15.5 Å². The Morgan fingerprint density at radius 3 is 2.83 bits per heavy atom. The summed E-state index contributed by atoms with van der Waals surface area (Å²) in [6.07, 6.45) is 2.61. The Hall–Kier alpha value is -1.92. The lowest BCUT2D eigenvalue weighted by molar-refractivity contribution is -0.148. The molecule has 130 valence electrons. The molecule has 2 saturated heterocycles. The quantitative estimate of drug-likeness (QED) is 0.856. The molecule has 2 amide bonds. The second-order valence-corrected chi connectivity index (χ2v) is 6.32. The van der Waals surface area contributed by atoms with Crippen LogP contribution in [0.25, 0.3) is 0 Å². The lowest BCUT2D eigenvalue weighted by Gasteiger charge is -2.38. The zero-order valence-electron chi connectivity index (χ0n) is 13.9. The van der Waals surface area contributed by atoms with Crippen LogP contribution in [-0.4, -0.2) is 61.6 Å². The number of carbonyl (C=O) groups excluding carboxylic acids is 2. The van der Waals surface area contributed by atoms with E-state index in [1.165, 1.54) is 0 Å². The van der Waals surface area contributed by atoms with Crippen molar-refractivity contribution in [3.63, 3.8) is 0 Å². The van der Waals surface area contributed by atoms with Gasteiger partial charge in [0.1, 0.15) is 6.10 Å². The van der Waals surface area contributed by atoms with Gasteiger partial charge in [-0.05, 0) is 31.4 Å². The number of amides is 2. The van der Waals surface area contributed by atoms with Crippen molar-refractivity contribution >= 4 is 11.8 Å². The molecule has 2 aliphatic rings. The Bertz CT molecular complexity index is 558. The first-order valence-electron chi connectivity index (χ1n) is 8.72. The number of nitrogens with zero attached hydrogens (tertiary/aromatic N) is 1. The SMILES string of the molecule is O=C(NCC1CCCCN1C(=O)C1CNCCO1)c1ccccc1. The Labute approximate surface area is 142 Å². The lowest BCUT2D eigenvalue weighted by atomic mass is 10.0. The molecule has 2 atom stereocenters. The van der Waals surface area contributed by atoms with E-state index >= 15 is 0 Å². The maximum atomic E-state index is 12.7. The summed E-state index contributed by atoms with van der Waals surface area (Å²) >= 11 is 0. The number of benzene rings is 1. The van der Waals surface area contributed by atoms with Crippen molar-refractivity contribution < 1.29 is 14.3 Å². The molecule has 1 aromatic carbocycles. The third-order valence-electron chi connectivity index (χ3n) is 4.65. The summed E-state index contributed by atoms with van der Waals surface area (Å²) in [6, 6.07) is 9.21. The van der Waals surface area contributed by atoms with Crippen LogP contribution >= 0.6 is 0 Å². The average Bonchev–Trinajstić information content (AvgIpc) is 2.67. The summed E-state index contributed by atoms with van der Waals surface area (Å²) in [7, 11) is 0. The highest BCUT2D eigenvalue weighted by atomic mass is 16.5. The number of carbonyl (C=O) groups is 2. The molecule has 24 heavy (non-hydrogen) atoms. The van der Waals surface area contributed by atoms with Gasteiger partial charge in [0.2, 0.25) is 0 Å². The van der Waals surface area contributed by atoms with Crippen molar-refractivity contribution in [2.45, 2.75) is 31.4 Å². The molecule has 0 bridgehead atoms. The molecular formula is C18H25N3O3. The van der Waals surface area contributed by atoms with Gasteiger partial charge in [0, 0.05) is 37.8 Å². The van der Waals surface area contributed by atoms with Gasteiger partial charge in [0.25, 0.3) is 11.8 Å². The third kappa shape index (κ3) is 4.13. The Kier molecular flexibility index (Phi) is 5.82. The summed E-state index contributed by atoms with van der Waals surface area (Å²) < 4.78 is 5.60. The molecule has 2 heterocycles. The molecule has 3 rings (SSSR count). The lowest BCUT2D eigenvalue weighted by Crippen LogP contribution is -2.56. The topological polar surface area (TPSA) is 70.7 Å². The summed E-state index contributed by atoms with van der Waals surface area (Å²) in [5, 5.41) is 6.17. The van der Waals surface area contributed by atoms with Gasteiger partial charge >= 0.3 is 0 Å². The standard InChI is InChI=1S/C18H25N3O3/c22-17(14-6-2-1-3-7-14)20-12-15-8-4-5-10-21(15)18(23)16-13-19-9-11-24-16/h1-3,6-7,15-16,19H,4-5,8-13H2,(H,20,22). The minimum Gasteiger partial charge on any atom is -0.366 e. The summed E-state index contributed by atoms with van der Waals surface area (Å²) in [6.45, 7) is 3.16. The minimum absolute atomic E-state index is 0.0425. The fraction of sp³-hybridized carbons (Fsp3) is 0.556. The molecule has 2 fully saturated rings. The maximum Gasteiger partial charge on any atom is 0.253 e. The number of likely N-dealkylation sites (tertiary alicyclic amines) is 1. The van der Waals surface area contributed by atoms with E-state index in [1.54, 1.807) is 12.1 Å². The van der Waals surface area contributed by atoms with Gasteiger partial charge in [-0.3, -0.25) is 9.59 Å². The zero-order chi connectivity index (χ0) is 16.8. The van der Waals surface area contributed by atoms with Crippen molar-refractivity contribution in [3.05, 3.63) is 35.9 Å². The zero-order valence-corrected chi connectivity index (χ0v) is 13.9. The van der Waals surface area contributed by atoms with Crippen molar-refractivity contribution in [2.24, 2.45) is 0 Å². The molecular weight excluding hydrogens is 306 g/mol. The predicted octanol–water partition coefficient (Wildman–Crippen LogP) is 0.786. The molecule has 1 aromatic rings. The average molecular weight is 331 g/mol. The third-order valence-corrected chi connectivity index (χ3v) is 4.65. The molecule has 0 radical (unpaired) electrons. The van der Waals surface area contributed by atoms with Gasteiger partial charge < -0.3 is 20.3 Å². The normalized spacial score (nSPS) is 24.4. The van der Waals surface area contributed by atoms with Gasteiger partial charge in [0.15, 0.2) is 0 Å². The van der Waals surface area contributed by atoms with Gasteiger partial charge in [-0.25, -0.2) is 0 Å². The maximum absolute atomic E-state index is 12.7. The van der Waals surface area contributed by atoms with Crippen molar-refractivity contribution in [3.8, 4) is 0 Å². The van der Waals surface area contributed by atoms with Crippen molar-refractivity contribution in [1.29, 1.82) is 0 Å². The first kappa shape index (κ1) is 16.9. The Balaban J connectivity index is 1.58. The van der Waals surface area contributed by atoms with E-state index in [0.29, 0.717) is 25.3 Å². The highest BCUT2D eigenvalue weighted by Crippen LogP contribution is 2.19. The van der Waals surface area contributed by atoms with E-state index in [9.17, 15) is 9.59 Å². The number of nitrogens with one attached hydrogen (secondary N) is 2. The Morgan fingerprint density at radius 2 is 2.08 bits per heavy atom. The first-order valence-corrected chi connectivity index (χ1v) is 8.72. The molecule has 0 aliphatic carbocycles. The van der Waals surface area contributed by atoms with E-state index in [0.717, 1.165) is 32.4 Å². The molecule has 6 nitrogen and oxygen atoms in total. The van der Waals surface area contributed by atoms with Crippen LogP contribution in [0.3, 0.4) is 0 Å². The second-order valence-electron chi connectivity index (χ2n) is 6.32. The predicted molar refractivity (Wildman–Crippen MR) is 90.7 cm³/mol. The van der Waals surface area contributed by atoms with Gasteiger partial charge in [-0.15, -0.1) is 0 Å². The van der Waals surface area contributed by atoms with Crippen LogP contribution in [0.5, 0.6) is 0 Å². The Morgan fingerprint density at radius 1 is 1.25 bits per heavy atom. The van der Waals surface area contributed by atoms with E-state index in [4.69, 9.17) is 4.74 Å². The largest absolute Gasteiger partial charge is 0.366 e. The smallest absolute Gasteiger partial charge is 0.253 e. The summed E-state index contributed by atoms with van der Waals surface area (Å²) in [5.41, 5.74) is 0.644. The number of piperidine rings is 1. The molecule has 6 heteroatoms. The van der Waals surface area contributed by atoms with E-state index in [-0.39, 0.29) is 17.9 Å². The molecule has 2 unspecified atom stereocenters. The highest BCUT2D eigenvalue weighted by Gasteiger charge is 2.33. The fourth-order valence-electron chi connectivity index (χ4n) is 3.31. The summed E-state index contributed by atoms with van der Waals surface area (Å²) in [4.78, 5) is 26.8. The number of hydrogen-bond acceptors (Lipinski definition) is 4. The number of rotatable bonds is 4. The van der Waals surface area contributed by atoms with Crippen LogP contribution in [0.2, 0.25) is 0 Å². The van der Waals surface area contributed by atoms with Crippen LogP contribution in [0.4, 0.5) is 0 Å². The molecule has 2 N–H and O–H groups in total. The van der Waals surface area contributed by atoms with Crippen molar-refractivity contribution in [2.75, 3.05) is 32.8 Å². The van der Waals surface area contributed by atoms with Gasteiger partial charge in [0.05, 0.1) is 6.61 Å². The van der Waals surface area contributed by atoms with Crippen LogP contribution in [-0.2, 0) is 9.53 Å². The molecule has 0 aromatic heterocycles. The van der Waals surface area contributed by atoms with E-state index < -0.39 is 6.10 Å². The summed E-state index contributed by atoms with van der Waals surface area (Å²) in [5.74, 6) is -0.0509. The molecule has 0 spiro atoms. The fourth-order valence-corrected chi connectivity index (χ4v) is 3.31. The first-order chi connectivity index (χ1) is 11.8. The van der Waals surface area contributed by atoms with Crippen LogP contribution in [0, 0.1) is 0 Å². The molecule has 0 saturated carbocycles. The van der Waals surface area contributed by atoms with E-state index in [2.05, 4.69) is 10.6 Å². The van der Waals surface area contributed by atoms with Crippen LogP contribution < -0.4 is 10.6 Å². The van der Waals surface area contributed by atoms with Crippen LogP contribution in [0.15, 0.2) is 30.3 Å². The minimum atomic E-state index is -0.399. The highest BCUT2D eigenvalue weighted by molar-refractivity contribution is 5.94. The second kappa shape index (κ2) is 8.26. The van der Waals surface area contributed by atoms with Gasteiger partial charge in [-0.1, -0.05) is 18.2 Å². The number of morpholine rings is 1. The van der Waals surface area contributed by atoms with Crippen LogP contribution in [0.1, 0.15) is 29.6 Å². The van der Waals surface area contributed by atoms with E-state index in [1.807, 2.05) is 23.1 Å². The van der Waals surface area contributed by atoms with Gasteiger partial charge in [-0.2, -0.15) is 0 Å². The molecule has 2 aliphatic heterocycles. The number of hydrogen-bond donors (Lipinski definition) is 2. The monoisotopic (exact) mass is 331 g/mol.